The molecule has 4 rings (SSSR count). The molecule has 2 aromatic rings. The first-order chi connectivity index (χ1) is 14.1. The van der Waals surface area contributed by atoms with Gasteiger partial charge in [0.15, 0.2) is 11.2 Å². The van der Waals surface area contributed by atoms with Crippen LogP contribution >= 0.6 is 0 Å². The number of rotatable bonds is 3. The summed E-state index contributed by atoms with van der Waals surface area (Å²) in [5.41, 5.74) is 0.0890. The molecule has 0 unspecified atom stereocenters. The summed E-state index contributed by atoms with van der Waals surface area (Å²) in [5, 5.41) is 3.50. The molecule has 2 fully saturated rings. The molecule has 0 spiro atoms. The van der Waals surface area contributed by atoms with Gasteiger partial charge in [-0.1, -0.05) is 50.7 Å². The fourth-order valence-corrected chi connectivity index (χ4v) is 4.58. The van der Waals surface area contributed by atoms with E-state index in [9.17, 15) is 14.4 Å². The van der Waals surface area contributed by atoms with E-state index in [0.29, 0.717) is 11.0 Å². The number of benzene rings is 1. The number of amides is 3. The van der Waals surface area contributed by atoms with Crippen LogP contribution in [0, 0.1) is 0 Å². The number of nitrogens with one attached hydrogen (secondary N) is 1. The van der Waals surface area contributed by atoms with Crippen LogP contribution < -0.4 is 10.7 Å². The van der Waals surface area contributed by atoms with Gasteiger partial charge < -0.3 is 9.73 Å². The number of hydrogen-bond donors (Lipinski definition) is 1. The summed E-state index contributed by atoms with van der Waals surface area (Å²) in [6, 6.07) is 7.67. The number of urea groups is 1. The van der Waals surface area contributed by atoms with Crippen LogP contribution in [0.15, 0.2) is 39.5 Å². The van der Waals surface area contributed by atoms with Crippen molar-refractivity contribution in [2.24, 2.45) is 0 Å². The molecule has 1 aromatic heterocycles. The van der Waals surface area contributed by atoms with E-state index in [1.54, 1.807) is 24.3 Å². The highest BCUT2D eigenvalue weighted by Crippen LogP contribution is 2.26. The Kier molecular flexibility index (Phi) is 5.97. The molecular formula is C23H28N2O4. The van der Waals surface area contributed by atoms with Crippen molar-refractivity contribution in [3.8, 4) is 0 Å². The van der Waals surface area contributed by atoms with Crippen molar-refractivity contribution in [1.82, 2.24) is 10.2 Å². The van der Waals surface area contributed by atoms with Crippen molar-refractivity contribution in [2.45, 2.75) is 76.3 Å². The second kappa shape index (κ2) is 8.80. The molecule has 1 heterocycles. The predicted molar refractivity (Wildman–Crippen MR) is 111 cm³/mol. The first kappa shape index (κ1) is 19.7. The van der Waals surface area contributed by atoms with Crippen molar-refractivity contribution in [3.63, 3.8) is 0 Å². The van der Waals surface area contributed by atoms with E-state index in [-0.39, 0.29) is 29.3 Å². The standard InChI is InChI=1S/C23H28N2O4/c26-19-15-21(29-20-14-8-7-13-18(19)20)22(27)25(17-11-5-2-6-12-17)23(28)24-16-9-3-1-4-10-16/h7-8,13-17H,1-6,9-12H2,(H,24,28). The quantitative estimate of drug-likeness (QED) is 0.822. The zero-order chi connectivity index (χ0) is 20.2. The lowest BCUT2D eigenvalue weighted by Crippen LogP contribution is -2.53. The number of hydrogen-bond acceptors (Lipinski definition) is 4. The normalized spacial score (nSPS) is 18.5. The maximum Gasteiger partial charge on any atom is 0.324 e. The minimum absolute atomic E-state index is 0.0712. The van der Waals surface area contributed by atoms with Gasteiger partial charge in [0.25, 0.3) is 5.91 Å². The molecule has 0 atom stereocenters. The molecule has 6 heteroatoms. The lowest BCUT2D eigenvalue weighted by atomic mass is 9.93. The maximum atomic E-state index is 13.4. The summed E-state index contributed by atoms with van der Waals surface area (Å²) in [4.78, 5) is 40.3. The first-order valence-corrected chi connectivity index (χ1v) is 10.8. The Balaban J connectivity index is 1.63. The molecule has 0 saturated heterocycles. The van der Waals surface area contributed by atoms with E-state index in [1.165, 1.54) is 17.4 Å². The van der Waals surface area contributed by atoms with E-state index < -0.39 is 5.91 Å². The van der Waals surface area contributed by atoms with Gasteiger partial charge in [-0.2, -0.15) is 0 Å². The minimum Gasteiger partial charge on any atom is -0.451 e. The van der Waals surface area contributed by atoms with Gasteiger partial charge in [0, 0.05) is 18.2 Å². The molecular weight excluding hydrogens is 368 g/mol. The fraction of sp³-hybridized carbons (Fsp3) is 0.522. The summed E-state index contributed by atoms with van der Waals surface area (Å²) in [6.45, 7) is 0. The molecule has 2 aliphatic rings. The number of nitrogens with zero attached hydrogens (tertiary/aromatic N) is 1. The molecule has 3 amide bonds. The fourth-order valence-electron chi connectivity index (χ4n) is 4.58. The Hall–Kier alpha value is -2.63. The van der Waals surface area contributed by atoms with Crippen LogP contribution in [0.5, 0.6) is 0 Å². The average molecular weight is 396 g/mol. The lowest BCUT2D eigenvalue weighted by Gasteiger charge is -2.34. The number of fused-ring (bicyclic) bond motifs is 1. The molecule has 2 aliphatic carbocycles. The smallest absolute Gasteiger partial charge is 0.324 e. The van der Waals surface area contributed by atoms with Crippen LogP contribution in [0.25, 0.3) is 11.0 Å². The van der Waals surface area contributed by atoms with Gasteiger partial charge in [-0.05, 0) is 37.8 Å². The summed E-state index contributed by atoms with van der Waals surface area (Å²) in [7, 11) is 0. The van der Waals surface area contributed by atoms with Crippen LogP contribution in [0.4, 0.5) is 4.79 Å². The van der Waals surface area contributed by atoms with Gasteiger partial charge in [0.2, 0.25) is 0 Å². The van der Waals surface area contributed by atoms with Crippen molar-refractivity contribution in [2.75, 3.05) is 0 Å². The SMILES string of the molecule is O=C(NC1CCCCC1)N(C(=O)c1cc(=O)c2ccccc2o1)C1CCCCC1. The third kappa shape index (κ3) is 4.36. The zero-order valence-corrected chi connectivity index (χ0v) is 16.7. The van der Waals surface area contributed by atoms with Crippen molar-refractivity contribution >= 4 is 22.9 Å². The van der Waals surface area contributed by atoms with Gasteiger partial charge in [0.1, 0.15) is 5.58 Å². The number of imide groups is 1. The van der Waals surface area contributed by atoms with E-state index in [0.717, 1.165) is 57.8 Å². The molecule has 0 aliphatic heterocycles. The summed E-state index contributed by atoms with van der Waals surface area (Å²) >= 11 is 0. The van der Waals surface area contributed by atoms with Crippen molar-refractivity contribution < 1.29 is 14.0 Å². The largest absolute Gasteiger partial charge is 0.451 e. The van der Waals surface area contributed by atoms with E-state index >= 15 is 0 Å². The molecule has 0 radical (unpaired) electrons. The molecule has 1 aromatic carbocycles. The summed E-state index contributed by atoms with van der Waals surface area (Å²) in [5.74, 6) is -0.592. The Morgan fingerprint density at radius 2 is 1.59 bits per heavy atom. The molecule has 0 bridgehead atoms. The van der Waals surface area contributed by atoms with Gasteiger partial charge in [-0.15, -0.1) is 0 Å². The van der Waals surface area contributed by atoms with Crippen LogP contribution in [0.2, 0.25) is 0 Å². The van der Waals surface area contributed by atoms with Crippen LogP contribution in [-0.4, -0.2) is 28.9 Å². The van der Waals surface area contributed by atoms with E-state index in [2.05, 4.69) is 5.32 Å². The number of para-hydroxylation sites is 1. The topological polar surface area (TPSA) is 79.6 Å². The summed E-state index contributed by atoms with van der Waals surface area (Å²) in [6.07, 6.45) is 9.98. The van der Waals surface area contributed by atoms with Crippen molar-refractivity contribution in [3.05, 3.63) is 46.3 Å². The second-order valence-corrected chi connectivity index (χ2v) is 8.22. The molecule has 6 nitrogen and oxygen atoms in total. The molecule has 29 heavy (non-hydrogen) atoms. The van der Waals surface area contributed by atoms with E-state index in [4.69, 9.17) is 4.42 Å². The van der Waals surface area contributed by atoms with Crippen LogP contribution in [-0.2, 0) is 0 Å². The molecule has 154 valence electrons. The second-order valence-electron chi connectivity index (χ2n) is 8.22. The Bertz CT molecular complexity index is 939. The first-order valence-electron chi connectivity index (χ1n) is 10.8. The lowest BCUT2D eigenvalue weighted by molar-refractivity contribution is 0.0671. The average Bonchev–Trinajstić information content (AvgIpc) is 2.75. The number of carbonyl (C=O) groups excluding carboxylic acids is 2. The third-order valence-electron chi connectivity index (χ3n) is 6.16. The number of carbonyl (C=O) groups is 2. The van der Waals surface area contributed by atoms with Crippen LogP contribution in [0.1, 0.15) is 74.8 Å². The molecule has 2 saturated carbocycles. The minimum atomic E-state index is -0.520. The maximum absolute atomic E-state index is 13.4. The van der Waals surface area contributed by atoms with Gasteiger partial charge in [0.05, 0.1) is 5.39 Å². The predicted octanol–water partition coefficient (Wildman–Crippen LogP) is 4.61. The Labute approximate surface area is 170 Å². The van der Waals surface area contributed by atoms with Gasteiger partial charge >= 0.3 is 6.03 Å². The Morgan fingerprint density at radius 1 is 0.931 bits per heavy atom. The zero-order valence-electron chi connectivity index (χ0n) is 16.7. The third-order valence-corrected chi connectivity index (χ3v) is 6.16. The van der Waals surface area contributed by atoms with Gasteiger partial charge in [-0.3, -0.25) is 14.5 Å². The summed E-state index contributed by atoms with van der Waals surface area (Å²) < 4.78 is 5.75. The Morgan fingerprint density at radius 3 is 2.31 bits per heavy atom. The molecule has 1 N–H and O–H groups in total. The highest BCUT2D eigenvalue weighted by atomic mass is 16.3. The van der Waals surface area contributed by atoms with Gasteiger partial charge in [-0.25, -0.2) is 4.79 Å². The van der Waals surface area contributed by atoms with E-state index in [1.807, 2.05) is 0 Å². The monoisotopic (exact) mass is 396 g/mol. The van der Waals surface area contributed by atoms with Crippen molar-refractivity contribution in [1.29, 1.82) is 0 Å². The highest BCUT2D eigenvalue weighted by Gasteiger charge is 2.34. The van der Waals surface area contributed by atoms with Crippen LogP contribution in [0.3, 0.4) is 0 Å². The highest BCUT2D eigenvalue weighted by molar-refractivity contribution is 6.03.